The van der Waals surface area contributed by atoms with Crippen LogP contribution in [0.3, 0.4) is 0 Å². The maximum Gasteiger partial charge on any atom is 0.230 e. The number of hydrogen-bond donors (Lipinski definition) is 2. The van der Waals surface area contributed by atoms with Crippen molar-refractivity contribution in [2.45, 2.75) is 38.1 Å². The van der Waals surface area contributed by atoms with Crippen molar-refractivity contribution in [2.24, 2.45) is 5.92 Å². The van der Waals surface area contributed by atoms with Gasteiger partial charge in [-0.15, -0.1) is 0 Å². The Hall–Kier alpha value is -1.88. The van der Waals surface area contributed by atoms with Crippen molar-refractivity contribution >= 4 is 17.5 Å². The number of aliphatic hydroxyl groups is 1. The smallest absolute Gasteiger partial charge is 0.230 e. The molecule has 3 rings (SSSR count). The summed E-state index contributed by atoms with van der Waals surface area (Å²) >= 11 is 0. The average molecular weight is 302 g/mol. The Bertz CT molecular complexity index is 587. The van der Waals surface area contributed by atoms with Crippen molar-refractivity contribution in [1.29, 1.82) is 0 Å². The second kappa shape index (κ2) is 6.08. The molecule has 0 aliphatic carbocycles. The van der Waals surface area contributed by atoms with Gasteiger partial charge in [-0.05, 0) is 37.3 Å². The molecule has 118 valence electrons. The van der Waals surface area contributed by atoms with Gasteiger partial charge in [0, 0.05) is 31.3 Å². The van der Waals surface area contributed by atoms with Crippen LogP contribution in [0.15, 0.2) is 24.3 Å². The van der Waals surface area contributed by atoms with Crippen LogP contribution in [0.2, 0.25) is 0 Å². The molecule has 0 spiro atoms. The number of carbonyl (C=O) groups excluding carboxylic acids is 2. The number of benzene rings is 1. The monoisotopic (exact) mass is 302 g/mol. The fraction of sp³-hybridized carbons (Fsp3) is 0.529. The molecule has 3 unspecified atom stereocenters. The second-order valence-electron chi connectivity index (χ2n) is 6.36. The molecule has 0 aromatic heterocycles. The minimum absolute atomic E-state index is 0.00736. The summed E-state index contributed by atoms with van der Waals surface area (Å²) in [5, 5.41) is 12.2. The number of hydrogen-bond acceptors (Lipinski definition) is 3. The van der Waals surface area contributed by atoms with Crippen molar-refractivity contribution in [3.8, 4) is 0 Å². The molecular formula is C17H22N2O3. The van der Waals surface area contributed by atoms with E-state index in [-0.39, 0.29) is 36.8 Å². The standard InChI is InChI=1S/C17H22N2O3/c1-11-6-7-12(10-20)9-19(11)17(22)14-8-16(21)18-15-5-3-2-4-13(14)15/h2-5,11-12,14,20H,6-10H2,1H3,(H,18,21). The van der Waals surface area contributed by atoms with Gasteiger partial charge >= 0.3 is 0 Å². The van der Waals surface area contributed by atoms with Crippen LogP contribution in [0, 0.1) is 5.92 Å². The van der Waals surface area contributed by atoms with Crippen molar-refractivity contribution in [1.82, 2.24) is 4.90 Å². The van der Waals surface area contributed by atoms with Gasteiger partial charge in [0.25, 0.3) is 0 Å². The van der Waals surface area contributed by atoms with E-state index >= 15 is 0 Å². The Morgan fingerprint density at radius 1 is 1.36 bits per heavy atom. The van der Waals surface area contributed by atoms with E-state index in [0.29, 0.717) is 6.54 Å². The zero-order chi connectivity index (χ0) is 15.7. The number of likely N-dealkylation sites (tertiary alicyclic amines) is 1. The molecule has 2 N–H and O–H groups in total. The molecule has 1 saturated heterocycles. The molecule has 2 aliphatic rings. The number of nitrogens with one attached hydrogen (secondary N) is 1. The third-order valence-corrected chi connectivity index (χ3v) is 4.82. The van der Waals surface area contributed by atoms with E-state index in [4.69, 9.17) is 0 Å². The predicted octanol–water partition coefficient (Wildman–Crippen LogP) is 1.73. The summed E-state index contributed by atoms with van der Waals surface area (Å²) in [6.07, 6.45) is 2.05. The van der Waals surface area contributed by atoms with Crippen LogP contribution in [0.1, 0.15) is 37.7 Å². The van der Waals surface area contributed by atoms with E-state index in [2.05, 4.69) is 5.32 Å². The van der Waals surface area contributed by atoms with Crippen LogP contribution in [-0.4, -0.2) is 41.0 Å². The largest absolute Gasteiger partial charge is 0.396 e. The van der Waals surface area contributed by atoms with Crippen LogP contribution in [0.4, 0.5) is 5.69 Å². The molecule has 2 amide bonds. The first-order chi connectivity index (χ1) is 10.6. The van der Waals surface area contributed by atoms with Gasteiger partial charge in [0.1, 0.15) is 0 Å². The van der Waals surface area contributed by atoms with E-state index in [1.54, 1.807) is 0 Å². The predicted molar refractivity (Wildman–Crippen MR) is 83.4 cm³/mol. The summed E-state index contributed by atoms with van der Waals surface area (Å²) in [5.74, 6) is -0.369. The topological polar surface area (TPSA) is 69.6 Å². The Kier molecular flexibility index (Phi) is 4.16. The van der Waals surface area contributed by atoms with Gasteiger partial charge in [-0.1, -0.05) is 18.2 Å². The average Bonchev–Trinajstić information content (AvgIpc) is 2.54. The molecule has 1 aromatic rings. The summed E-state index contributed by atoms with van der Waals surface area (Å²) in [6.45, 7) is 2.73. The minimum atomic E-state index is -0.412. The van der Waals surface area contributed by atoms with Crippen LogP contribution < -0.4 is 5.32 Å². The number of carbonyl (C=O) groups is 2. The van der Waals surface area contributed by atoms with Crippen molar-refractivity contribution in [3.05, 3.63) is 29.8 Å². The summed E-state index contributed by atoms with van der Waals surface area (Å²) in [7, 11) is 0. The second-order valence-corrected chi connectivity index (χ2v) is 6.36. The van der Waals surface area contributed by atoms with E-state index in [1.165, 1.54) is 0 Å². The highest BCUT2D eigenvalue weighted by Gasteiger charge is 2.37. The molecular weight excluding hydrogens is 280 g/mol. The summed E-state index contributed by atoms with van der Waals surface area (Å²) < 4.78 is 0. The Morgan fingerprint density at radius 3 is 2.91 bits per heavy atom. The highest BCUT2D eigenvalue weighted by molar-refractivity contribution is 6.01. The molecule has 0 bridgehead atoms. The number of aliphatic hydroxyl groups excluding tert-OH is 1. The van der Waals surface area contributed by atoms with Gasteiger partial charge in [0.05, 0.1) is 5.92 Å². The number of rotatable bonds is 2. The minimum Gasteiger partial charge on any atom is -0.396 e. The third-order valence-electron chi connectivity index (χ3n) is 4.82. The lowest BCUT2D eigenvalue weighted by atomic mass is 9.86. The Labute approximate surface area is 130 Å². The Balaban J connectivity index is 1.87. The molecule has 2 heterocycles. The van der Waals surface area contributed by atoms with E-state index in [0.717, 1.165) is 24.1 Å². The molecule has 1 aromatic carbocycles. The zero-order valence-corrected chi connectivity index (χ0v) is 12.8. The highest BCUT2D eigenvalue weighted by atomic mass is 16.3. The van der Waals surface area contributed by atoms with E-state index in [9.17, 15) is 14.7 Å². The van der Waals surface area contributed by atoms with Gasteiger partial charge < -0.3 is 15.3 Å². The quantitative estimate of drug-likeness (QED) is 0.874. The van der Waals surface area contributed by atoms with Crippen LogP contribution in [-0.2, 0) is 9.59 Å². The van der Waals surface area contributed by atoms with Crippen LogP contribution in [0.5, 0.6) is 0 Å². The number of para-hydroxylation sites is 1. The summed E-state index contributed by atoms with van der Waals surface area (Å²) in [4.78, 5) is 26.8. The molecule has 2 aliphatic heterocycles. The van der Waals surface area contributed by atoms with Crippen molar-refractivity contribution in [3.63, 3.8) is 0 Å². The molecule has 3 atom stereocenters. The first-order valence-corrected chi connectivity index (χ1v) is 7.90. The number of nitrogens with zero attached hydrogens (tertiary/aromatic N) is 1. The fourth-order valence-electron chi connectivity index (χ4n) is 3.47. The van der Waals surface area contributed by atoms with E-state index < -0.39 is 5.92 Å². The van der Waals surface area contributed by atoms with Crippen LogP contribution in [0.25, 0.3) is 0 Å². The van der Waals surface area contributed by atoms with Gasteiger partial charge in [-0.2, -0.15) is 0 Å². The fourth-order valence-corrected chi connectivity index (χ4v) is 3.47. The maximum atomic E-state index is 13.0. The van der Waals surface area contributed by atoms with E-state index in [1.807, 2.05) is 36.1 Å². The van der Waals surface area contributed by atoms with Crippen molar-refractivity contribution < 1.29 is 14.7 Å². The molecule has 22 heavy (non-hydrogen) atoms. The first-order valence-electron chi connectivity index (χ1n) is 7.90. The van der Waals surface area contributed by atoms with Gasteiger partial charge in [0.2, 0.25) is 11.8 Å². The van der Waals surface area contributed by atoms with Gasteiger partial charge in [-0.3, -0.25) is 9.59 Å². The lowest BCUT2D eigenvalue weighted by Gasteiger charge is -2.40. The number of piperidine rings is 1. The van der Waals surface area contributed by atoms with Gasteiger partial charge in [-0.25, -0.2) is 0 Å². The normalized spacial score (nSPS) is 28.0. The third kappa shape index (κ3) is 2.73. The van der Waals surface area contributed by atoms with Gasteiger partial charge in [0.15, 0.2) is 0 Å². The maximum absolute atomic E-state index is 13.0. The number of anilines is 1. The SMILES string of the molecule is CC1CCC(CO)CN1C(=O)C1CC(=O)Nc2ccccc21. The summed E-state index contributed by atoms with van der Waals surface area (Å²) in [6, 6.07) is 7.66. The number of amides is 2. The lowest BCUT2D eigenvalue weighted by Crippen LogP contribution is -2.49. The molecule has 5 heteroatoms. The highest BCUT2D eigenvalue weighted by Crippen LogP contribution is 2.35. The summed E-state index contributed by atoms with van der Waals surface area (Å²) in [5.41, 5.74) is 1.63. The zero-order valence-electron chi connectivity index (χ0n) is 12.8. The first kappa shape index (κ1) is 15.0. The number of fused-ring (bicyclic) bond motifs is 1. The van der Waals surface area contributed by atoms with Crippen LogP contribution >= 0.6 is 0 Å². The Morgan fingerprint density at radius 2 is 2.14 bits per heavy atom. The molecule has 0 radical (unpaired) electrons. The molecule has 5 nitrogen and oxygen atoms in total. The molecule has 0 saturated carbocycles. The van der Waals surface area contributed by atoms with Crippen molar-refractivity contribution in [2.75, 3.05) is 18.5 Å². The molecule has 1 fully saturated rings. The lowest BCUT2D eigenvalue weighted by molar-refractivity contribution is -0.139.